The molecule has 0 atom stereocenters. The summed E-state index contributed by atoms with van der Waals surface area (Å²) in [7, 11) is 3.17. The Balaban J connectivity index is 2.08. The number of carbonyl (C=O) groups is 1. The molecule has 0 saturated heterocycles. The molecule has 0 aliphatic rings. The summed E-state index contributed by atoms with van der Waals surface area (Å²) in [5.41, 5.74) is 1.44. The van der Waals surface area contributed by atoms with Crippen LogP contribution in [0.15, 0.2) is 36.4 Å². The van der Waals surface area contributed by atoms with Crippen molar-refractivity contribution < 1.29 is 23.7 Å². The summed E-state index contributed by atoms with van der Waals surface area (Å²) < 4.78 is 22.0. The van der Waals surface area contributed by atoms with Gasteiger partial charge in [0.15, 0.2) is 23.0 Å². The SMILES string of the molecule is CCCOc1ccc(C(=O)NCc2ccc(OC)c(OC)c2)cc1OCCC. The van der Waals surface area contributed by atoms with E-state index in [1.165, 1.54) is 0 Å². The first-order chi connectivity index (χ1) is 13.6. The predicted molar refractivity (Wildman–Crippen MR) is 109 cm³/mol. The van der Waals surface area contributed by atoms with Gasteiger partial charge >= 0.3 is 0 Å². The Bertz CT molecular complexity index is 776. The van der Waals surface area contributed by atoms with E-state index in [0.29, 0.717) is 48.3 Å². The van der Waals surface area contributed by atoms with Crippen LogP contribution < -0.4 is 24.3 Å². The monoisotopic (exact) mass is 387 g/mol. The summed E-state index contributed by atoms with van der Waals surface area (Å²) in [5.74, 6) is 2.35. The van der Waals surface area contributed by atoms with Crippen molar-refractivity contribution in [3.05, 3.63) is 47.5 Å². The summed E-state index contributed by atoms with van der Waals surface area (Å²) in [6.45, 7) is 5.62. The van der Waals surface area contributed by atoms with Gasteiger partial charge in [0, 0.05) is 12.1 Å². The van der Waals surface area contributed by atoms with Crippen LogP contribution in [-0.2, 0) is 6.54 Å². The van der Waals surface area contributed by atoms with Crippen molar-refractivity contribution in [2.75, 3.05) is 27.4 Å². The lowest BCUT2D eigenvalue weighted by molar-refractivity contribution is 0.0950. The summed E-state index contributed by atoms with van der Waals surface area (Å²) in [5, 5.41) is 2.92. The molecule has 152 valence electrons. The van der Waals surface area contributed by atoms with Crippen LogP contribution >= 0.6 is 0 Å². The van der Waals surface area contributed by atoms with E-state index in [1.807, 2.05) is 32.0 Å². The Labute approximate surface area is 166 Å². The highest BCUT2D eigenvalue weighted by Gasteiger charge is 2.12. The van der Waals surface area contributed by atoms with Crippen molar-refractivity contribution >= 4 is 5.91 Å². The first-order valence-corrected chi connectivity index (χ1v) is 9.51. The van der Waals surface area contributed by atoms with E-state index >= 15 is 0 Å². The molecule has 6 nitrogen and oxygen atoms in total. The fraction of sp³-hybridized carbons (Fsp3) is 0.409. The zero-order valence-electron chi connectivity index (χ0n) is 17.0. The normalized spacial score (nSPS) is 10.3. The molecule has 6 heteroatoms. The van der Waals surface area contributed by atoms with Gasteiger partial charge in [0.25, 0.3) is 5.91 Å². The van der Waals surface area contributed by atoms with Gasteiger partial charge in [0.1, 0.15) is 0 Å². The molecule has 28 heavy (non-hydrogen) atoms. The second-order valence-corrected chi connectivity index (χ2v) is 6.23. The Morgan fingerprint density at radius 1 is 0.821 bits per heavy atom. The minimum Gasteiger partial charge on any atom is -0.493 e. The number of carbonyl (C=O) groups excluding carboxylic acids is 1. The number of benzene rings is 2. The fourth-order valence-corrected chi connectivity index (χ4v) is 2.58. The predicted octanol–water partition coefficient (Wildman–Crippen LogP) is 4.21. The molecule has 0 aromatic heterocycles. The molecule has 0 aliphatic heterocycles. The Kier molecular flexibility index (Phi) is 8.46. The van der Waals surface area contributed by atoms with Crippen molar-refractivity contribution in [1.29, 1.82) is 0 Å². The van der Waals surface area contributed by atoms with E-state index in [-0.39, 0.29) is 5.91 Å². The molecule has 1 N–H and O–H groups in total. The van der Waals surface area contributed by atoms with Crippen LogP contribution in [0.1, 0.15) is 42.6 Å². The van der Waals surface area contributed by atoms with Gasteiger partial charge in [0.05, 0.1) is 27.4 Å². The van der Waals surface area contributed by atoms with Crippen LogP contribution in [0.3, 0.4) is 0 Å². The highest BCUT2D eigenvalue weighted by Crippen LogP contribution is 2.29. The highest BCUT2D eigenvalue weighted by molar-refractivity contribution is 5.94. The van der Waals surface area contributed by atoms with Crippen molar-refractivity contribution in [1.82, 2.24) is 5.32 Å². The maximum Gasteiger partial charge on any atom is 0.251 e. The first kappa shape index (κ1) is 21.4. The van der Waals surface area contributed by atoms with E-state index in [0.717, 1.165) is 18.4 Å². The standard InChI is InChI=1S/C22H29NO5/c1-5-11-27-19-10-8-17(14-21(19)28-12-6-2)22(24)23-15-16-7-9-18(25-3)20(13-16)26-4/h7-10,13-14H,5-6,11-12,15H2,1-4H3,(H,23,24). The van der Waals surface area contributed by atoms with Crippen molar-refractivity contribution in [3.63, 3.8) is 0 Å². The minimum absolute atomic E-state index is 0.182. The molecule has 2 rings (SSSR count). The molecule has 0 fully saturated rings. The molecule has 0 radical (unpaired) electrons. The van der Waals surface area contributed by atoms with Gasteiger partial charge in [-0.15, -0.1) is 0 Å². The van der Waals surface area contributed by atoms with Crippen LogP contribution in [0.25, 0.3) is 0 Å². The average molecular weight is 387 g/mol. The third-order valence-corrected chi connectivity index (χ3v) is 4.03. The van der Waals surface area contributed by atoms with Gasteiger partial charge in [-0.25, -0.2) is 0 Å². The smallest absolute Gasteiger partial charge is 0.251 e. The molecule has 2 aromatic rings. The average Bonchev–Trinajstić information content (AvgIpc) is 2.74. The second kappa shape index (κ2) is 11.1. The van der Waals surface area contributed by atoms with Crippen LogP contribution in [0.5, 0.6) is 23.0 Å². The number of methoxy groups -OCH3 is 2. The number of hydrogen-bond donors (Lipinski definition) is 1. The molecule has 0 unspecified atom stereocenters. The van der Waals surface area contributed by atoms with Crippen molar-refractivity contribution in [2.45, 2.75) is 33.2 Å². The topological polar surface area (TPSA) is 66.0 Å². The lowest BCUT2D eigenvalue weighted by atomic mass is 10.1. The number of rotatable bonds is 11. The summed E-state index contributed by atoms with van der Waals surface area (Å²) in [6, 6.07) is 10.8. The molecule has 2 aromatic carbocycles. The lowest BCUT2D eigenvalue weighted by Gasteiger charge is -2.14. The van der Waals surface area contributed by atoms with Crippen LogP contribution in [-0.4, -0.2) is 33.3 Å². The zero-order valence-corrected chi connectivity index (χ0v) is 17.0. The van der Waals surface area contributed by atoms with Gasteiger partial charge in [-0.2, -0.15) is 0 Å². The summed E-state index contributed by atoms with van der Waals surface area (Å²) in [6.07, 6.45) is 1.78. The summed E-state index contributed by atoms with van der Waals surface area (Å²) >= 11 is 0. The van der Waals surface area contributed by atoms with Gasteiger partial charge in [-0.05, 0) is 48.7 Å². The first-order valence-electron chi connectivity index (χ1n) is 9.51. The third kappa shape index (κ3) is 5.81. The molecular weight excluding hydrogens is 358 g/mol. The zero-order chi connectivity index (χ0) is 20.4. The number of nitrogens with one attached hydrogen (secondary N) is 1. The van der Waals surface area contributed by atoms with E-state index in [9.17, 15) is 4.79 Å². The van der Waals surface area contributed by atoms with Gasteiger partial charge in [-0.3, -0.25) is 4.79 Å². The molecule has 0 aliphatic carbocycles. The van der Waals surface area contributed by atoms with E-state index in [2.05, 4.69) is 5.32 Å². The maximum atomic E-state index is 12.6. The Morgan fingerprint density at radius 2 is 1.46 bits per heavy atom. The molecule has 0 heterocycles. The Hall–Kier alpha value is -2.89. The van der Waals surface area contributed by atoms with E-state index in [1.54, 1.807) is 32.4 Å². The van der Waals surface area contributed by atoms with Crippen molar-refractivity contribution in [3.8, 4) is 23.0 Å². The van der Waals surface area contributed by atoms with Crippen LogP contribution in [0.2, 0.25) is 0 Å². The molecule has 0 spiro atoms. The van der Waals surface area contributed by atoms with Gasteiger partial charge in [0.2, 0.25) is 0 Å². The van der Waals surface area contributed by atoms with Crippen LogP contribution in [0.4, 0.5) is 0 Å². The van der Waals surface area contributed by atoms with Gasteiger partial charge in [-0.1, -0.05) is 19.9 Å². The molecule has 0 saturated carbocycles. The van der Waals surface area contributed by atoms with E-state index < -0.39 is 0 Å². The fourth-order valence-electron chi connectivity index (χ4n) is 2.58. The van der Waals surface area contributed by atoms with E-state index in [4.69, 9.17) is 18.9 Å². The Morgan fingerprint density at radius 3 is 2.11 bits per heavy atom. The quantitative estimate of drug-likeness (QED) is 0.626. The molecular formula is C22H29NO5. The number of hydrogen-bond acceptors (Lipinski definition) is 5. The highest BCUT2D eigenvalue weighted by atomic mass is 16.5. The minimum atomic E-state index is -0.182. The summed E-state index contributed by atoms with van der Waals surface area (Å²) in [4.78, 5) is 12.6. The number of ether oxygens (including phenoxy) is 4. The molecule has 1 amide bonds. The largest absolute Gasteiger partial charge is 0.493 e. The van der Waals surface area contributed by atoms with Crippen LogP contribution in [0, 0.1) is 0 Å². The third-order valence-electron chi connectivity index (χ3n) is 4.03. The number of amides is 1. The second-order valence-electron chi connectivity index (χ2n) is 6.23. The maximum absolute atomic E-state index is 12.6. The van der Waals surface area contributed by atoms with Crippen molar-refractivity contribution in [2.24, 2.45) is 0 Å². The van der Waals surface area contributed by atoms with Gasteiger partial charge < -0.3 is 24.3 Å². The molecule has 0 bridgehead atoms. The lowest BCUT2D eigenvalue weighted by Crippen LogP contribution is -2.23.